The van der Waals surface area contributed by atoms with Gasteiger partial charge in [0.05, 0.1) is 17.6 Å². The lowest BCUT2D eigenvalue weighted by atomic mass is 9.90. The Balaban J connectivity index is 1.55. The number of fused-ring (bicyclic) bond motifs is 1. The summed E-state index contributed by atoms with van der Waals surface area (Å²) in [6, 6.07) is 5.04. The fourth-order valence-electron chi connectivity index (χ4n) is 4.59. The van der Waals surface area contributed by atoms with E-state index in [1.807, 2.05) is 4.90 Å². The third kappa shape index (κ3) is 3.67. The van der Waals surface area contributed by atoms with E-state index < -0.39 is 10.0 Å². The molecule has 152 valence electrons. The van der Waals surface area contributed by atoms with Gasteiger partial charge in [0.1, 0.15) is 15.9 Å². The molecule has 2 fully saturated rings. The van der Waals surface area contributed by atoms with Gasteiger partial charge >= 0.3 is 0 Å². The summed E-state index contributed by atoms with van der Waals surface area (Å²) in [5, 5.41) is 0. The van der Waals surface area contributed by atoms with Crippen LogP contribution in [0.5, 0.6) is 0 Å². The summed E-state index contributed by atoms with van der Waals surface area (Å²) in [4.78, 5) is 15.2. The van der Waals surface area contributed by atoms with Crippen LogP contribution >= 0.6 is 11.7 Å². The first-order chi connectivity index (χ1) is 13.4. The molecule has 1 aromatic heterocycles. The molecule has 3 atom stereocenters. The third-order valence-corrected chi connectivity index (χ3v) is 8.22. The molecule has 2 aliphatic rings. The molecule has 7 nitrogen and oxygen atoms in total. The maximum atomic E-state index is 13.3. The summed E-state index contributed by atoms with van der Waals surface area (Å²) in [5.41, 5.74) is 1.01. The summed E-state index contributed by atoms with van der Waals surface area (Å²) < 4.78 is 36.4. The van der Waals surface area contributed by atoms with Gasteiger partial charge in [-0.3, -0.25) is 4.79 Å². The van der Waals surface area contributed by atoms with Crippen LogP contribution in [0.15, 0.2) is 23.1 Å². The molecule has 2 saturated heterocycles. The van der Waals surface area contributed by atoms with Crippen molar-refractivity contribution in [3.05, 3.63) is 18.2 Å². The number of aromatic nitrogens is 2. The van der Waals surface area contributed by atoms with E-state index in [0.29, 0.717) is 35.8 Å². The highest BCUT2D eigenvalue weighted by atomic mass is 32.2. The van der Waals surface area contributed by atoms with Gasteiger partial charge in [-0.05, 0) is 43.2 Å². The summed E-state index contributed by atoms with van der Waals surface area (Å²) in [7, 11) is -3.71. The maximum absolute atomic E-state index is 13.3. The van der Waals surface area contributed by atoms with E-state index >= 15 is 0 Å². The number of sulfonamides is 1. The molecule has 0 unspecified atom stereocenters. The first-order valence-corrected chi connectivity index (χ1v) is 12.0. The number of amides is 1. The van der Waals surface area contributed by atoms with Crippen molar-refractivity contribution in [1.29, 1.82) is 0 Å². The number of benzene rings is 1. The summed E-state index contributed by atoms with van der Waals surface area (Å²) in [5.74, 6) is 0.817. The Kier molecular flexibility index (Phi) is 5.41. The van der Waals surface area contributed by atoms with Gasteiger partial charge < -0.3 is 4.90 Å². The van der Waals surface area contributed by atoms with Crippen LogP contribution in [0.25, 0.3) is 11.0 Å². The van der Waals surface area contributed by atoms with Gasteiger partial charge in [-0.25, -0.2) is 8.42 Å². The average molecular weight is 423 g/mol. The van der Waals surface area contributed by atoms with Crippen molar-refractivity contribution < 1.29 is 13.2 Å². The standard InChI is InChI=1S/C19H26N4O3S2/c1-13-9-14(2)11-22(10-13)19(24)15-5-4-8-23(12-15)28(25,26)17-7-3-6-16-18(17)21-27-20-16/h3,6-7,13-15H,4-5,8-12H2,1-2H3/t13-,14+,15-/m1/s1. The Morgan fingerprint density at radius 2 is 1.89 bits per heavy atom. The number of piperidine rings is 2. The van der Waals surface area contributed by atoms with Crippen LogP contribution < -0.4 is 0 Å². The Hall–Kier alpha value is -1.58. The smallest absolute Gasteiger partial charge is 0.245 e. The molecule has 2 aromatic rings. The molecule has 1 amide bonds. The second-order valence-corrected chi connectivity index (χ2v) is 10.7. The largest absolute Gasteiger partial charge is 0.342 e. The molecule has 0 radical (unpaired) electrons. The van der Waals surface area contributed by atoms with Crippen molar-refractivity contribution in [3.8, 4) is 0 Å². The maximum Gasteiger partial charge on any atom is 0.245 e. The summed E-state index contributed by atoms with van der Waals surface area (Å²) >= 11 is 1.01. The van der Waals surface area contributed by atoms with Crippen LogP contribution in [0.4, 0.5) is 0 Å². The van der Waals surface area contributed by atoms with E-state index in [9.17, 15) is 13.2 Å². The number of hydrogen-bond acceptors (Lipinski definition) is 6. The van der Waals surface area contributed by atoms with Crippen LogP contribution in [0.2, 0.25) is 0 Å². The van der Waals surface area contributed by atoms with Gasteiger partial charge in [0.2, 0.25) is 15.9 Å². The normalized spacial score (nSPS) is 27.2. The monoisotopic (exact) mass is 422 g/mol. The lowest BCUT2D eigenvalue weighted by molar-refractivity contribution is -0.139. The molecular formula is C19H26N4O3S2. The van der Waals surface area contributed by atoms with Crippen molar-refractivity contribution in [2.75, 3.05) is 26.2 Å². The first-order valence-electron chi connectivity index (χ1n) is 9.86. The van der Waals surface area contributed by atoms with E-state index in [1.165, 1.54) is 4.31 Å². The topological polar surface area (TPSA) is 83.5 Å². The lowest BCUT2D eigenvalue weighted by Gasteiger charge is -2.39. The van der Waals surface area contributed by atoms with Gasteiger partial charge in [0.15, 0.2) is 0 Å². The molecule has 3 heterocycles. The second kappa shape index (κ2) is 7.68. The Morgan fingerprint density at radius 1 is 1.14 bits per heavy atom. The van der Waals surface area contributed by atoms with Gasteiger partial charge in [-0.2, -0.15) is 13.1 Å². The second-order valence-electron chi connectivity index (χ2n) is 8.28. The molecule has 0 saturated carbocycles. The number of rotatable bonds is 3. The lowest BCUT2D eigenvalue weighted by Crippen LogP contribution is -2.50. The number of carbonyl (C=O) groups excluding carboxylic acids is 1. The molecule has 2 aliphatic heterocycles. The van der Waals surface area contributed by atoms with Crippen molar-refractivity contribution in [3.63, 3.8) is 0 Å². The van der Waals surface area contributed by atoms with E-state index in [0.717, 1.165) is 37.7 Å². The van der Waals surface area contributed by atoms with Crippen molar-refractivity contribution in [2.24, 2.45) is 17.8 Å². The van der Waals surface area contributed by atoms with Crippen LogP contribution in [-0.4, -0.2) is 58.5 Å². The van der Waals surface area contributed by atoms with Crippen LogP contribution in [0.3, 0.4) is 0 Å². The van der Waals surface area contributed by atoms with E-state index in [4.69, 9.17) is 0 Å². The fourth-order valence-corrected chi connectivity index (χ4v) is 6.87. The van der Waals surface area contributed by atoms with E-state index in [1.54, 1.807) is 18.2 Å². The molecule has 0 N–H and O–H groups in total. The Bertz CT molecular complexity index is 964. The van der Waals surface area contributed by atoms with Gasteiger partial charge in [-0.1, -0.05) is 19.9 Å². The highest BCUT2D eigenvalue weighted by molar-refractivity contribution is 7.89. The predicted molar refractivity (Wildman–Crippen MR) is 108 cm³/mol. The average Bonchev–Trinajstić information content (AvgIpc) is 3.15. The number of hydrogen-bond donors (Lipinski definition) is 0. The van der Waals surface area contributed by atoms with Gasteiger partial charge in [-0.15, -0.1) is 0 Å². The Labute approximate surface area is 170 Å². The van der Waals surface area contributed by atoms with Crippen molar-refractivity contribution in [2.45, 2.75) is 38.0 Å². The van der Waals surface area contributed by atoms with Crippen LogP contribution in [0.1, 0.15) is 33.1 Å². The quantitative estimate of drug-likeness (QED) is 0.759. The van der Waals surface area contributed by atoms with Crippen LogP contribution in [0, 0.1) is 17.8 Å². The van der Waals surface area contributed by atoms with E-state index in [2.05, 4.69) is 22.6 Å². The third-order valence-electron chi connectivity index (χ3n) is 5.78. The number of carbonyl (C=O) groups is 1. The number of nitrogens with zero attached hydrogens (tertiary/aromatic N) is 4. The first kappa shape index (κ1) is 19.7. The minimum Gasteiger partial charge on any atom is -0.342 e. The highest BCUT2D eigenvalue weighted by Gasteiger charge is 2.37. The van der Waals surface area contributed by atoms with Crippen molar-refractivity contribution >= 4 is 38.7 Å². The zero-order chi connectivity index (χ0) is 19.9. The molecule has 1 aromatic carbocycles. The molecule has 9 heteroatoms. The molecule has 0 aliphatic carbocycles. The predicted octanol–water partition coefficient (Wildman–Crippen LogP) is 2.60. The van der Waals surface area contributed by atoms with Gasteiger partial charge in [0.25, 0.3) is 0 Å². The molecule has 0 spiro atoms. The summed E-state index contributed by atoms with van der Waals surface area (Å²) in [6.07, 6.45) is 2.58. The zero-order valence-corrected chi connectivity index (χ0v) is 17.9. The van der Waals surface area contributed by atoms with Crippen molar-refractivity contribution in [1.82, 2.24) is 18.0 Å². The van der Waals surface area contributed by atoms with E-state index in [-0.39, 0.29) is 23.3 Å². The minimum absolute atomic E-state index is 0.104. The molecular weight excluding hydrogens is 396 g/mol. The minimum atomic E-state index is -3.71. The molecule has 4 rings (SSSR count). The number of likely N-dealkylation sites (tertiary alicyclic amines) is 1. The fraction of sp³-hybridized carbons (Fsp3) is 0.632. The highest BCUT2D eigenvalue weighted by Crippen LogP contribution is 2.30. The molecule has 0 bridgehead atoms. The van der Waals surface area contributed by atoms with Crippen LogP contribution in [-0.2, 0) is 14.8 Å². The zero-order valence-electron chi connectivity index (χ0n) is 16.2. The van der Waals surface area contributed by atoms with Gasteiger partial charge in [0, 0.05) is 26.2 Å². The SMILES string of the molecule is C[C@@H]1C[C@H](C)CN(C(=O)[C@@H]2CCCN(S(=O)(=O)c3cccc4nsnc34)C2)C1. The summed E-state index contributed by atoms with van der Waals surface area (Å²) in [6.45, 7) is 6.58. The molecule has 28 heavy (non-hydrogen) atoms. The Morgan fingerprint density at radius 3 is 2.64 bits per heavy atom.